The molecule has 0 radical (unpaired) electrons. The fraction of sp³-hybridized carbons (Fsp3) is 0.286. The number of hydrogen-bond donors (Lipinski definition) is 0. The van der Waals surface area contributed by atoms with Gasteiger partial charge in [0.25, 0.3) is 0 Å². The number of hydrogen-bond acceptors (Lipinski definition) is 5. The van der Waals surface area contributed by atoms with Crippen LogP contribution < -0.4 is 0 Å². The average molecular weight is 354 g/mol. The van der Waals surface area contributed by atoms with Crippen LogP contribution in [-0.2, 0) is 9.47 Å². The Morgan fingerprint density at radius 2 is 1.31 bits per heavy atom. The molecule has 0 unspecified atom stereocenters. The molecule has 0 aliphatic carbocycles. The van der Waals surface area contributed by atoms with E-state index >= 15 is 0 Å². The number of ether oxygens (including phenoxy) is 2. The van der Waals surface area contributed by atoms with Crippen molar-refractivity contribution in [2.75, 3.05) is 13.2 Å². The van der Waals surface area contributed by atoms with Crippen LogP contribution in [-0.4, -0.2) is 31.4 Å². The number of carbonyl (C=O) groups is 3. The number of esters is 2. The highest BCUT2D eigenvalue weighted by molar-refractivity contribution is 5.97. The molecular weight excluding hydrogens is 332 g/mol. The van der Waals surface area contributed by atoms with Crippen molar-refractivity contribution in [1.29, 1.82) is 0 Å². The number of rotatable bonds is 8. The Bertz CT molecular complexity index is 739. The van der Waals surface area contributed by atoms with Gasteiger partial charge < -0.3 is 9.47 Å². The molecule has 0 atom stereocenters. The summed E-state index contributed by atoms with van der Waals surface area (Å²) in [5.74, 6) is -0.967. The van der Waals surface area contributed by atoms with Gasteiger partial charge in [-0.15, -0.1) is 0 Å². The first-order chi connectivity index (χ1) is 12.6. The molecule has 0 spiro atoms. The van der Waals surface area contributed by atoms with Crippen molar-refractivity contribution in [3.05, 3.63) is 59.2 Å². The third-order valence-corrected chi connectivity index (χ3v) is 3.66. The molecule has 5 nitrogen and oxygen atoms in total. The molecular formula is C21H22O5. The number of aldehydes is 1. The average Bonchev–Trinajstić information content (AvgIpc) is 2.69. The highest BCUT2D eigenvalue weighted by Crippen LogP contribution is 2.24. The monoisotopic (exact) mass is 354 g/mol. The first-order valence-corrected chi connectivity index (χ1v) is 8.64. The molecule has 0 N–H and O–H groups in total. The molecule has 0 bridgehead atoms. The van der Waals surface area contributed by atoms with Gasteiger partial charge >= 0.3 is 11.9 Å². The van der Waals surface area contributed by atoms with Crippen molar-refractivity contribution in [3.8, 4) is 11.1 Å². The minimum Gasteiger partial charge on any atom is -0.462 e. The molecule has 0 fully saturated rings. The first kappa shape index (κ1) is 19.4. The Balaban J connectivity index is 2.42. The van der Waals surface area contributed by atoms with Crippen molar-refractivity contribution in [1.82, 2.24) is 0 Å². The fourth-order valence-corrected chi connectivity index (χ4v) is 2.34. The van der Waals surface area contributed by atoms with Crippen LogP contribution >= 0.6 is 0 Å². The second kappa shape index (κ2) is 9.51. The summed E-state index contributed by atoms with van der Waals surface area (Å²) in [5.41, 5.74) is 2.59. The van der Waals surface area contributed by atoms with Gasteiger partial charge in [0.05, 0.1) is 24.3 Å². The van der Waals surface area contributed by atoms with Gasteiger partial charge in [0, 0.05) is 5.56 Å². The van der Waals surface area contributed by atoms with Crippen LogP contribution in [0.1, 0.15) is 57.8 Å². The van der Waals surface area contributed by atoms with Crippen LogP contribution in [0.5, 0.6) is 0 Å². The smallest absolute Gasteiger partial charge is 0.338 e. The van der Waals surface area contributed by atoms with E-state index in [0.717, 1.165) is 11.8 Å². The highest BCUT2D eigenvalue weighted by atomic mass is 16.5. The second-order valence-corrected chi connectivity index (χ2v) is 5.81. The first-order valence-electron chi connectivity index (χ1n) is 8.64. The van der Waals surface area contributed by atoms with Crippen LogP contribution in [0.3, 0.4) is 0 Å². The molecule has 136 valence electrons. The number of benzene rings is 2. The molecule has 0 aromatic heterocycles. The van der Waals surface area contributed by atoms with Crippen molar-refractivity contribution in [2.45, 2.75) is 26.7 Å². The van der Waals surface area contributed by atoms with E-state index in [9.17, 15) is 14.4 Å². The molecule has 0 saturated carbocycles. The van der Waals surface area contributed by atoms with Gasteiger partial charge in [-0.2, -0.15) is 0 Å². The van der Waals surface area contributed by atoms with Gasteiger partial charge in [-0.1, -0.05) is 38.1 Å². The largest absolute Gasteiger partial charge is 0.462 e. The standard InChI is InChI=1S/C21H22O5/c1-3-9-25-20(23)18-11-17(16-7-5-15(14-22)6-8-16)12-19(13-18)21(24)26-10-4-2/h5-8,11-14H,3-4,9-10H2,1-2H3. The predicted octanol–water partition coefficient (Wildman–Crippen LogP) is 4.30. The molecule has 26 heavy (non-hydrogen) atoms. The van der Waals surface area contributed by atoms with Crippen LogP contribution in [0, 0.1) is 0 Å². The van der Waals surface area contributed by atoms with Crippen LogP contribution in [0.4, 0.5) is 0 Å². The maximum atomic E-state index is 12.3. The van der Waals surface area contributed by atoms with Crippen molar-refractivity contribution < 1.29 is 23.9 Å². The molecule has 0 heterocycles. The second-order valence-electron chi connectivity index (χ2n) is 5.81. The van der Waals surface area contributed by atoms with Crippen molar-refractivity contribution >= 4 is 18.2 Å². The minimum absolute atomic E-state index is 0.291. The minimum atomic E-state index is -0.484. The highest BCUT2D eigenvalue weighted by Gasteiger charge is 2.15. The lowest BCUT2D eigenvalue weighted by Gasteiger charge is -2.10. The van der Waals surface area contributed by atoms with E-state index in [1.165, 1.54) is 6.07 Å². The summed E-state index contributed by atoms with van der Waals surface area (Å²) in [5, 5.41) is 0. The molecule has 2 aromatic carbocycles. The Labute approximate surface area is 152 Å². The SMILES string of the molecule is CCCOC(=O)c1cc(C(=O)OCCC)cc(-c2ccc(C=O)cc2)c1. The van der Waals surface area contributed by atoms with E-state index in [0.29, 0.717) is 48.3 Å². The zero-order valence-corrected chi connectivity index (χ0v) is 15.0. The summed E-state index contributed by atoms with van der Waals surface area (Å²) < 4.78 is 10.4. The van der Waals surface area contributed by atoms with Crippen molar-refractivity contribution in [3.63, 3.8) is 0 Å². The summed E-state index contributed by atoms with van der Waals surface area (Å²) in [6, 6.07) is 11.7. The predicted molar refractivity (Wildman–Crippen MR) is 98.4 cm³/mol. The summed E-state index contributed by atoms with van der Waals surface area (Å²) in [6.45, 7) is 4.44. The Morgan fingerprint density at radius 3 is 1.73 bits per heavy atom. The van der Waals surface area contributed by atoms with E-state index in [-0.39, 0.29) is 0 Å². The van der Waals surface area contributed by atoms with Gasteiger partial charge in [0.2, 0.25) is 0 Å². The zero-order chi connectivity index (χ0) is 18.9. The van der Waals surface area contributed by atoms with Gasteiger partial charge in [-0.3, -0.25) is 4.79 Å². The number of carbonyl (C=O) groups excluding carboxylic acids is 3. The quantitative estimate of drug-likeness (QED) is 0.522. The lowest BCUT2D eigenvalue weighted by Crippen LogP contribution is -2.10. The van der Waals surface area contributed by atoms with E-state index < -0.39 is 11.9 Å². The molecule has 2 aromatic rings. The molecule has 0 amide bonds. The summed E-state index contributed by atoms with van der Waals surface area (Å²) in [7, 11) is 0. The normalized spacial score (nSPS) is 10.2. The molecule has 0 aliphatic rings. The van der Waals surface area contributed by atoms with Gasteiger partial charge in [0.1, 0.15) is 6.29 Å². The van der Waals surface area contributed by atoms with E-state index in [4.69, 9.17) is 9.47 Å². The fourth-order valence-electron chi connectivity index (χ4n) is 2.34. The summed E-state index contributed by atoms with van der Waals surface area (Å²) in [4.78, 5) is 35.3. The van der Waals surface area contributed by atoms with Gasteiger partial charge in [0.15, 0.2) is 0 Å². The van der Waals surface area contributed by atoms with E-state index in [1.54, 1.807) is 36.4 Å². The molecule has 2 rings (SSSR count). The van der Waals surface area contributed by atoms with Gasteiger partial charge in [-0.25, -0.2) is 9.59 Å². The third kappa shape index (κ3) is 5.02. The maximum Gasteiger partial charge on any atom is 0.338 e. The van der Waals surface area contributed by atoms with Crippen LogP contribution in [0.25, 0.3) is 11.1 Å². The van der Waals surface area contributed by atoms with Crippen LogP contribution in [0.2, 0.25) is 0 Å². The van der Waals surface area contributed by atoms with E-state index in [1.807, 2.05) is 13.8 Å². The third-order valence-electron chi connectivity index (χ3n) is 3.66. The van der Waals surface area contributed by atoms with Crippen molar-refractivity contribution in [2.24, 2.45) is 0 Å². The summed E-state index contributed by atoms with van der Waals surface area (Å²) >= 11 is 0. The van der Waals surface area contributed by atoms with Gasteiger partial charge in [-0.05, 0) is 42.2 Å². The Kier molecular flexibility index (Phi) is 7.09. The summed E-state index contributed by atoms with van der Waals surface area (Å²) in [6.07, 6.45) is 2.18. The zero-order valence-electron chi connectivity index (χ0n) is 15.0. The molecule has 0 aliphatic heterocycles. The Hall–Kier alpha value is -2.95. The Morgan fingerprint density at radius 1 is 0.808 bits per heavy atom. The molecule has 5 heteroatoms. The topological polar surface area (TPSA) is 69.7 Å². The van der Waals surface area contributed by atoms with E-state index in [2.05, 4.69) is 0 Å². The maximum absolute atomic E-state index is 12.3. The lowest BCUT2D eigenvalue weighted by atomic mass is 9.99. The van der Waals surface area contributed by atoms with Crippen LogP contribution in [0.15, 0.2) is 42.5 Å². The lowest BCUT2D eigenvalue weighted by molar-refractivity contribution is 0.0503. The molecule has 0 saturated heterocycles.